The first kappa shape index (κ1) is 15.1. The SMILES string of the molecule is Cc1ccc(Cl)cc1C(=O)NC(C(=O)O)c1ccccc1. The molecular formula is C16H14ClNO3. The fraction of sp³-hybridized carbons (Fsp3) is 0.125. The molecule has 2 aromatic rings. The van der Waals surface area contributed by atoms with Gasteiger partial charge in [-0.1, -0.05) is 48.0 Å². The molecule has 0 heterocycles. The second kappa shape index (κ2) is 6.41. The van der Waals surface area contributed by atoms with E-state index in [0.717, 1.165) is 5.56 Å². The molecule has 1 amide bonds. The van der Waals surface area contributed by atoms with Gasteiger partial charge in [0.1, 0.15) is 0 Å². The molecule has 2 aromatic carbocycles. The molecule has 2 N–H and O–H groups in total. The van der Waals surface area contributed by atoms with Crippen LogP contribution >= 0.6 is 11.6 Å². The van der Waals surface area contributed by atoms with E-state index in [9.17, 15) is 14.7 Å². The number of nitrogens with one attached hydrogen (secondary N) is 1. The standard InChI is InChI=1S/C16H14ClNO3/c1-10-7-8-12(17)9-13(10)15(19)18-14(16(20)21)11-5-3-2-4-6-11/h2-9,14H,1H3,(H,18,19)(H,20,21). The summed E-state index contributed by atoms with van der Waals surface area (Å²) in [5.74, 6) is -1.58. The molecule has 0 aliphatic rings. The average molecular weight is 304 g/mol. The summed E-state index contributed by atoms with van der Waals surface area (Å²) >= 11 is 5.88. The smallest absolute Gasteiger partial charge is 0.330 e. The Kier molecular flexibility index (Phi) is 4.60. The topological polar surface area (TPSA) is 66.4 Å². The van der Waals surface area contributed by atoms with Crippen LogP contribution in [-0.2, 0) is 4.79 Å². The van der Waals surface area contributed by atoms with E-state index >= 15 is 0 Å². The summed E-state index contributed by atoms with van der Waals surface area (Å²) in [6.45, 7) is 1.77. The second-order valence-corrected chi connectivity index (χ2v) is 5.05. The molecule has 0 aliphatic heterocycles. The summed E-state index contributed by atoms with van der Waals surface area (Å²) in [5, 5.41) is 12.3. The van der Waals surface area contributed by atoms with Crippen LogP contribution in [0.3, 0.4) is 0 Å². The maximum atomic E-state index is 12.3. The van der Waals surface area contributed by atoms with Crippen LogP contribution in [0.4, 0.5) is 0 Å². The highest BCUT2D eigenvalue weighted by atomic mass is 35.5. The van der Waals surface area contributed by atoms with Gasteiger partial charge in [-0.3, -0.25) is 4.79 Å². The van der Waals surface area contributed by atoms with Gasteiger partial charge in [-0.15, -0.1) is 0 Å². The number of aliphatic carboxylic acids is 1. The molecule has 5 heteroatoms. The van der Waals surface area contributed by atoms with Crippen molar-refractivity contribution in [3.05, 3.63) is 70.2 Å². The lowest BCUT2D eigenvalue weighted by molar-refractivity contribution is -0.139. The Hall–Kier alpha value is -2.33. The number of carbonyl (C=O) groups is 2. The predicted octanol–water partition coefficient (Wildman–Crippen LogP) is 3.20. The number of aryl methyl sites for hydroxylation is 1. The largest absolute Gasteiger partial charge is 0.479 e. The van der Waals surface area contributed by atoms with Gasteiger partial charge in [0.15, 0.2) is 6.04 Å². The molecule has 108 valence electrons. The molecule has 0 aliphatic carbocycles. The lowest BCUT2D eigenvalue weighted by Gasteiger charge is -2.16. The summed E-state index contributed by atoms with van der Waals surface area (Å²) in [6.07, 6.45) is 0. The monoisotopic (exact) mass is 303 g/mol. The van der Waals surface area contributed by atoms with Crippen LogP contribution in [0.25, 0.3) is 0 Å². The van der Waals surface area contributed by atoms with Crippen molar-refractivity contribution in [3.63, 3.8) is 0 Å². The number of benzene rings is 2. The maximum absolute atomic E-state index is 12.3. The van der Waals surface area contributed by atoms with E-state index in [1.807, 2.05) is 0 Å². The van der Waals surface area contributed by atoms with E-state index in [1.54, 1.807) is 49.4 Å². The summed E-state index contributed by atoms with van der Waals surface area (Å²) in [7, 11) is 0. The Bertz CT molecular complexity index is 670. The summed E-state index contributed by atoms with van der Waals surface area (Å²) < 4.78 is 0. The third-order valence-corrected chi connectivity index (χ3v) is 3.33. The summed E-state index contributed by atoms with van der Waals surface area (Å²) in [4.78, 5) is 23.7. The molecule has 0 fully saturated rings. The molecule has 0 bridgehead atoms. The minimum Gasteiger partial charge on any atom is -0.479 e. The highest BCUT2D eigenvalue weighted by Gasteiger charge is 2.23. The van der Waals surface area contributed by atoms with Crippen LogP contribution < -0.4 is 5.32 Å². The molecule has 4 nitrogen and oxygen atoms in total. The average Bonchev–Trinajstić information content (AvgIpc) is 2.47. The van der Waals surface area contributed by atoms with Crippen molar-refractivity contribution in [2.24, 2.45) is 0 Å². The first-order chi connectivity index (χ1) is 9.99. The van der Waals surface area contributed by atoms with Crippen LogP contribution in [0.1, 0.15) is 27.5 Å². The van der Waals surface area contributed by atoms with Gasteiger partial charge in [-0.2, -0.15) is 0 Å². The molecule has 0 saturated heterocycles. The van der Waals surface area contributed by atoms with Crippen molar-refractivity contribution in [3.8, 4) is 0 Å². The van der Waals surface area contributed by atoms with E-state index in [0.29, 0.717) is 16.1 Å². The molecular weight excluding hydrogens is 290 g/mol. The van der Waals surface area contributed by atoms with E-state index in [2.05, 4.69) is 5.32 Å². The van der Waals surface area contributed by atoms with Gasteiger partial charge in [-0.05, 0) is 30.2 Å². The zero-order valence-electron chi connectivity index (χ0n) is 11.3. The Morgan fingerprint density at radius 2 is 1.81 bits per heavy atom. The van der Waals surface area contributed by atoms with Gasteiger partial charge in [0.05, 0.1) is 0 Å². The van der Waals surface area contributed by atoms with E-state index in [-0.39, 0.29) is 0 Å². The Labute approximate surface area is 127 Å². The number of amides is 1. The van der Waals surface area contributed by atoms with Crippen LogP contribution in [-0.4, -0.2) is 17.0 Å². The lowest BCUT2D eigenvalue weighted by Crippen LogP contribution is -2.34. The summed E-state index contributed by atoms with van der Waals surface area (Å²) in [6, 6.07) is 12.4. The Balaban J connectivity index is 2.27. The molecule has 0 spiro atoms. The number of carboxylic acid groups (broad SMARTS) is 1. The van der Waals surface area contributed by atoms with Gasteiger partial charge in [-0.25, -0.2) is 4.79 Å². The van der Waals surface area contributed by atoms with Crippen molar-refractivity contribution in [1.82, 2.24) is 5.32 Å². The fourth-order valence-electron chi connectivity index (χ4n) is 1.98. The predicted molar refractivity (Wildman–Crippen MR) is 80.5 cm³/mol. The number of hydrogen-bond donors (Lipinski definition) is 2. The normalized spacial score (nSPS) is 11.7. The van der Waals surface area contributed by atoms with Crippen LogP contribution in [0, 0.1) is 6.92 Å². The van der Waals surface area contributed by atoms with Crippen molar-refractivity contribution in [2.45, 2.75) is 13.0 Å². The number of hydrogen-bond acceptors (Lipinski definition) is 2. The maximum Gasteiger partial charge on any atom is 0.330 e. The van der Waals surface area contributed by atoms with Gasteiger partial charge in [0, 0.05) is 10.6 Å². The zero-order valence-corrected chi connectivity index (χ0v) is 12.1. The number of rotatable bonds is 4. The van der Waals surface area contributed by atoms with E-state index in [4.69, 9.17) is 11.6 Å². The van der Waals surface area contributed by atoms with Gasteiger partial charge < -0.3 is 10.4 Å². The number of halogens is 1. The second-order valence-electron chi connectivity index (χ2n) is 4.61. The highest BCUT2D eigenvalue weighted by Crippen LogP contribution is 2.18. The lowest BCUT2D eigenvalue weighted by atomic mass is 10.0. The fourth-order valence-corrected chi connectivity index (χ4v) is 2.15. The van der Waals surface area contributed by atoms with Crippen LogP contribution in [0.15, 0.2) is 48.5 Å². The number of carboxylic acids is 1. The first-order valence-corrected chi connectivity index (χ1v) is 6.71. The Morgan fingerprint density at radius 1 is 1.14 bits per heavy atom. The molecule has 0 saturated carbocycles. The summed E-state index contributed by atoms with van der Waals surface area (Å²) in [5.41, 5.74) is 1.61. The van der Waals surface area contributed by atoms with Gasteiger partial charge in [0.2, 0.25) is 0 Å². The van der Waals surface area contributed by atoms with Crippen LogP contribution in [0.2, 0.25) is 5.02 Å². The van der Waals surface area contributed by atoms with Crippen LogP contribution in [0.5, 0.6) is 0 Å². The molecule has 1 atom stereocenters. The van der Waals surface area contributed by atoms with Crippen molar-refractivity contribution < 1.29 is 14.7 Å². The molecule has 1 unspecified atom stereocenters. The molecule has 21 heavy (non-hydrogen) atoms. The first-order valence-electron chi connectivity index (χ1n) is 6.34. The van der Waals surface area contributed by atoms with E-state index < -0.39 is 17.9 Å². The van der Waals surface area contributed by atoms with Gasteiger partial charge >= 0.3 is 5.97 Å². The minimum absolute atomic E-state index is 0.365. The van der Waals surface area contributed by atoms with E-state index in [1.165, 1.54) is 6.07 Å². The van der Waals surface area contributed by atoms with Crippen molar-refractivity contribution in [1.29, 1.82) is 0 Å². The van der Waals surface area contributed by atoms with Gasteiger partial charge in [0.25, 0.3) is 5.91 Å². The zero-order chi connectivity index (χ0) is 15.4. The molecule has 0 aromatic heterocycles. The third-order valence-electron chi connectivity index (χ3n) is 3.10. The third kappa shape index (κ3) is 3.61. The van der Waals surface area contributed by atoms with Crippen molar-refractivity contribution in [2.75, 3.05) is 0 Å². The molecule has 2 rings (SSSR count). The quantitative estimate of drug-likeness (QED) is 0.911. The Morgan fingerprint density at radius 3 is 2.43 bits per heavy atom. The highest BCUT2D eigenvalue weighted by molar-refractivity contribution is 6.31. The van der Waals surface area contributed by atoms with Crippen molar-refractivity contribution >= 4 is 23.5 Å². The number of carbonyl (C=O) groups excluding carboxylic acids is 1. The molecule has 0 radical (unpaired) electrons. The minimum atomic E-state index is -1.12.